The summed E-state index contributed by atoms with van der Waals surface area (Å²) in [5.41, 5.74) is 5.89. The lowest BCUT2D eigenvalue weighted by molar-refractivity contribution is -0.134. The van der Waals surface area contributed by atoms with Gasteiger partial charge in [0.2, 0.25) is 5.91 Å². The number of amides is 1. The molecule has 0 saturated carbocycles. The van der Waals surface area contributed by atoms with Gasteiger partial charge in [-0.2, -0.15) is 11.8 Å². The Hall–Kier alpha value is -0.220. The highest BCUT2D eigenvalue weighted by Gasteiger charge is 2.34. The predicted octanol–water partition coefficient (Wildman–Crippen LogP) is 1.96. The average Bonchev–Trinajstić information content (AvgIpc) is 2.26. The van der Waals surface area contributed by atoms with Crippen LogP contribution >= 0.6 is 11.8 Å². The van der Waals surface area contributed by atoms with Gasteiger partial charge in [0.1, 0.15) is 0 Å². The summed E-state index contributed by atoms with van der Waals surface area (Å²) in [5, 5.41) is 0.555. The van der Waals surface area contributed by atoms with E-state index in [-0.39, 0.29) is 11.3 Å². The summed E-state index contributed by atoms with van der Waals surface area (Å²) in [5.74, 6) is 1.76. The second-order valence-electron chi connectivity index (χ2n) is 6.28. The van der Waals surface area contributed by atoms with E-state index < -0.39 is 6.04 Å². The van der Waals surface area contributed by atoms with Crippen molar-refractivity contribution in [3.05, 3.63) is 0 Å². The molecule has 2 atom stereocenters. The SMILES string of the molecule is CC(C)C1CN(C(=O)[C@@H](N)C(C)(C)C)CCS1. The largest absolute Gasteiger partial charge is 0.339 e. The summed E-state index contributed by atoms with van der Waals surface area (Å²) >= 11 is 1.98. The van der Waals surface area contributed by atoms with Gasteiger partial charge in [-0.25, -0.2) is 0 Å². The second kappa shape index (κ2) is 5.61. The molecule has 0 bridgehead atoms. The van der Waals surface area contributed by atoms with E-state index in [1.54, 1.807) is 0 Å². The third-order valence-electron chi connectivity index (χ3n) is 3.35. The van der Waals surface area contributed by atoms with E-state index in [0.29, 0.717) is 11.2 Å². The average molecular weight is 258 g/mol. The zero-order valence-electron chi connectivity index (χ0n) is 11.7. The van der Waals surface area contributed by atoms with E-state index in [0.717, 1.165) is 18.8 Å². The molecule has 3 nitrogen and oxygen atoms in total. The molecule has 2 N–H and O–H groups in total. The molecule has 1 aliphatic heterocycles. The third kappa shape index (κ3) is 3.88. The van der Waals surface area contributed by atoms with Crippen molar-refractivity contribution in [2.24, 2.45) is 17.1 Å². The zero-order valence-corrected chi connectivity index (χ0v) is 12.5. The van der Waals surface area contributed by atoms with Crippen molar-refractivity contribution in [3.8, 4) is 0 Å². The van der Waals surface area contributed by atoms with Gasteiger partial charge in [-0.3, -0.25) is 4.79 Å². The van der Waals surface area contributed by atoms with Gasteiger partial charge in [-0.15, -0.1) is 0 Å². The number of carbonyl (C=O) groups excluding carboxylic acids is 1. The maximum Gasteiger partial charge on any atom is 0.240 e. The Morgan fingerprint density at radius 2 is 2.00 bits per heavy atom. The first-order valence-electron chi connectivity index (χ1n) is 6.39. The lowest BCUT2D eigenvalue weighted by atomic mass is 9.86. The molecule has 0 aromatic heterocycles. The Kier molecular flexibility index (Phi) is 4.90. The van der Waals surface area contributed by atoms with Crippen LogP contribution in [0.4, 0.5) is 0 Å². The smallest absolute Gasteiger partial charge is 0.240 e. The van der Waals surface area contributed by atoms with Crippen LogP contribution in [0.1, 0.15) is 34.6 Å². The monoisotopic (exact) mass is 258 g/mol. The molecule has 0 aromatic carbocycles. The van der Waals surface area contributed by atoms with Gasteiger partial charge in [-0.1, -0.05) is 34.6 Å². The van der Waals surface area contributed by atoms with Crippen LogP contribution in [-0.4, -0.2) is 40.9 Å². The molecule has 1 heterocycles. The summed E-state index contributed by atoms with van der Waals surface area (Å²) in [7, 11) is 0. The highest BCUT2D eigenvalue weighted by Crippen LogP contribution is 2.27. The first-order chi connectivity index (χ1) is 7.73. The van der Waals surface area contributed by atoms with Gasteiger partial charge in [0.15, 0.2) is 0 Å². The van der Waals surface area contributed by atoms with Crippen LogP contribution < -0.4 is 5.73 Å². The van der Waals surface area contributed by atoms with Crippen LogP contribution in [-0.2, 0) is 4.79 Å². The first-order valence-corrected chi connectivity index (χ1v) is 7.44. The van der Waals surface area contributed by atoms with E-state index in [1.165, 1.54) is 0 Å². The van der Waals surface area contributed by atoms with E-state index >= 15 is 0 Å². The molecule has 0 radical (unpaired) electrons. The highest BCUT2D eigenvalue weighted by molar-refractivity contribution is 8.00. The number of rotatable bonds is 2. The highest BCUT2D eigenvalue weighted by atomic mass is 32.2. The third-order valence-corrected chi connectivity index (χ3v) is 4.89. The molecule has 0 spiro atoms. The van der Waals surface area contributed by atoms with Gasteiger partial charge >= 0.3 is 0 Å². The fourth-order valence-electron chi connectivity index (χ4n) is 1.85. The molecule has 1 rings (SSSR count). The summed E-state index contributed by atoms with van der Waals surface area (Å²) in [4.78, 5) is 14.3. The Morgan fingerprint density at radius 1 is 1.41 bits per heavy atom. The van der Waals surface area contributed by atoms with Crippen molar-refractivity contribution >= 4 is 17.7 Å². The van der Waals surface area contributed by atoms with Gasteiger partial charge < -0.3 is 10.6 Å². The number of hydrogen-bond donors (Lipinski definition) is 1. The van der Waals surface area contributed by atoms with E-state index in [9.17, 15) is 4.79 Å². The molecule has 0 aromatic rings. The molecule has 0 aliphatic carbocycles. The summed E-state index contributed by atoms with van der Waals surface area (Å²) < 4.78 is 0. The number of thioether (sulfide) groups is 1. The Bertz CT molecular complexity index is 273. The molecular weight excluding hydrogens is 232 g/mol. The normalized spacial score (nSPS) is 23.9. The minimum absolute atomic E-state index is 0.114. The fraction of sp³-hybridized carbons (Fsp3) is 0.923. The quantitative estimate of drug-likeness (QED) is 0.823. The lowest BCUT2D eigenvalue weighted by Crippen LogP contribution is -2.54. The minimum Gasteiger partial charge on any atom is -0.339 e. The Balaban J connectivity index is 2.64. The first kappa shape index (κ1) is 14.8. The van der Waals surface area contributed by atoms with Crippen molar-refractivity contribution in [2.75, 3.05) is 18.8 Å². The summed E-state index contributed by atoms with van der Waals surface area (Å²) in [6, 6.07) is -0.390. The van der Waals surface area contributed by atoms with Gasteiger partial charge in [0.25, 0.3) is 0 Å². The number of nitrogens with zero attached hydrogens (tertiary/aromatic N) is 1. The molecule has 1 saturated heterocycles. The molecule has 1 aliphatic rings. The molecule has 1 unspecified atom stereocenters. The molecule has 1 fully saturated rings. The van der Waals surface area contributed by atoms with Crippen LogP contribution in [0.2, 0.25) is 0 Å². The summed E-state index contributed by atoms with van der Waals surface area (Å²) in [6.45, 7) is 12.2. The topological polar surface area (TPSA) is 46.3 Å². The van der Waals surface area contributed by atoms with Crippen molar-refractivity contribution in [1.29, 1.82) is 0 Å². The van der Waals surface area contributed by atoms with E-state index in [4.69, 9.17) is 5.73 Å². The number of carbonyl (C=O) groups is 1. The van der Waals surface area contributed by atoms with Crippen LogP contribution in [0, 0.1) is 11.3 Å². The van der Waals surface area contributed by atoms with Crippen LogP contribution in [0.3, 0.4) is 0 Å². The molecule has 4 heteroatoms. The maximum atomic E-state index is 12.3. The molecular formula is C13H26N2OS. The van der Waals surface area contributed by atoms with Crippen LogP contribution in [0.15, 0.2) is 0 Å². The lowest BCUT2D eigenvalue weighted by Gasteiger charge is -2.38. The standard InChI is InChI=1S/C13H26N2OS/c1-9(2)10-8-15(6-7-17-10)12(16)11(14)13(3,4)5/h9-11H,6-8,14H2,1-5H3/t10?,11-/m1/s1. The second-order valence-corrected chi connectivity index (χ2v) is 7.63. The van der Waals surface area contributed by atoms with Gasteiger partial charge in [-0.05, 0) is 11.3 Å². The van der Waals surface area contributed by atoms with Crippen molar-refractivity contribution in [2.45, 2.75) is 45.9 Å². The van der Waals surface area contributed by atoms with Gasteiger partial charge in [0.05, 0.1) is 6.04 Å². The van der Waals surface area contributed by atoms with Crippen LogP contribution in [0.5, 0.6) is 0 Å². The zero-order chi connectivity index (χ0) is 13.2. The maximum absolute atomic E-state index is 12.3. The van der Waals surface area contributed by atoms with Gasteiger partial charge in [0, 0.05) is 24.1 Å². The van der Waals surface area contributed by atoms with E-state index in [2.05, 4.69) is 13.8 Å². The van der Waals surface area contributed by atoms with Crippen LogP contribution in [0.25, 0.3) is 0 Å². The Labute approximate surface area is 109 Å². The molecule has 17 heavy (non-hydrogen) atoms. The van der Waals surface area contributed by atoms with Crippen molar-refractivity contribution < 1.29 is 4.79 Å². The number of nitrogens with two attached hydrogens (primary N) is 1. The summed E-state index contributed by atoms with van der Waals surface area (Å²) in [6.07, 6.45) is 0. The molecule has 1 amide bonds. The van der Waals surface area contributed by atoms with E-state index in [1.807, 2.05) is 37.4 Å². The Morgan fingerprint density at radius 3 is 2.47 bits per heavy atom. The fourth-order valence-corrected chi connectivity index (χ4v) is 3.14. The molecule has 100 valence electrons. The van der Waals surface area contributed by atoms with Crippen molar-refractivity contribution in [3.63, 3.8) is 0 Å². The number of hydrogen-bond acceptors (Lipinski definition) is 3. The predicted molar refractivity (Wildman–Crippen MR) is 75.1 cm³/mol. The van der Waals surface area contributed by atoms with Crippen molar-refractivity contribution in [1.82, 2.24) is 4.90 Å². The minimum atomic E-state index is -0.390.